The van der Waals surface area contributed by atoms with E-state index in [4.69, 9.17) is 0 Å². The van der Waals surface area contributed by atoms with Gasteiger partial charge in [-0.3, -0.25) is 14.5 Å². The van der Waals surface area contributed by atoms with E-state index in [9.17, 15) is 14.4 Å². The van der Waals surface area contributed by atoms with Gasteiger partial charge in [-0.1, -0.05) is 34.1 Å². The quantitative estimate of drug-likeness (QED) is 0.632. The van der Waals surface area contributed by atoms with Crippen molar-refractivity contribution in [2.75, 3.05) is 29.9 Å². The largest absolute Gasteiger partial charge is 0.372 e. The lowest BCUT2D eigenvalue weighted by atomic mass is 9.92. The van der Waals surface area contributed by atoms with Crippen molar-refractivity contribution in [1.29, 1.82) is 0 Å². The van der Waals surface area contributed by atoms with E-state index in [1.807, 2.05) is 31.2 Å². The van der Waals surface area contributed by atoms with Crippen LogP contribution in [0.5, 0.6) is 0 Å². The minimum atomic E-state index is -1.23. The average Bonchev–Trinajstić information content (AvgIpc) is 3.34. The molecule has 2 saturated heterocycles. The van der Waals surface area contributed by atoms with Gasteiger partial charge in [-0.2, -0.15) is 0 Å². The minimum Gasteiger partial charge on any atom is -0.372 e. The summed E-state index contributed by atoms with van der Waals surface area (Å²) < 4.78 is 0.714. The summed E-state index contributed by atoms with van der Waals surface area (Å²) >= 11 is 3.44. The number of hydrogen-bond acceptors (Lipinski definition) is 4. The van der Waals surface area contributed by atoms with Crippen LogP contribution in [0.25, 0.3) is 0 Å². The fourth-order valence-electron chi connectivity index (χ4n) is 4.18. The summed E-state index contributed by atoms with van der Waals surface area (Å²) in [6.07, 6.45) is 2.39. The maximum atomic E-state index is 13.1. The molecule has 7 nitrogen and oxygen atoms in total. The predicted molar refractivity (Wildman–Crippen MR) is 123 cm³/mol. The standard InChI is InChI=1S/C23H25BrN4O3/c1-15-13-16(27-11-5-6-12-27)9-10-19(15)25-20(29)14-28-21(30)23(2,26-22(28)31)17-7-3-4-8-18(17)24/h3-4,7-10,13H,5-6,11-12,14H2,1-2H3,(H,25,29)(H,26,31). The Bertz CT molecular complexity index is 1050. The van der Waals surface area contributed by atoms with E-state index in [1.54, 1.807) is 19.1 Å². The van der Waals surface area contributed by atoms with Crippen molar-refractivity contribution >= 4 is 45.2 Å². The zero-order valence-corrected chi connectivity index (χ0v) is 19.2. The van der Waals surface area contributed by atoms with Crippen molar-refractivity contribution in [2.45, 2.75) is 32.2 Å². The molecule has 4 amide bonds. The lowest BCUT2D eigenvalue weighted by molar-refractivity contribution is -0.133. The van der Waals surface area contributed by atoms with Crippen molar-refractivity contribution in [2.24, 2.45) is 0 Å². The van der Waals surface area contributed by atoms with Gasteiger partial charge in [0.15, 0.2) is 0 Å². The second-order valence-electron chi connectivity index (χ2n) is 8.17. The van der Waals surface area contributed by atoms with Gasteiger partial charge >= 0.3 is 6.03 Å². The SMILES string of the molecule is Cc1cc(N2CCCC2)ccc1NC(=O)CN1C(=O)NC(C)(c2ccccc2Br)C1=O. The normalized spacial score (nSPS) is 20.9. The first-order valence-corrected chi connectivity index (χ1v) is 11.1. The number of nitrogens with zero attached hydrogens (tertiary/aromatic N) is 2. The number of hydrogen-bond donors (Lipinski definition) is 2. The second kappa shape index (κ2) is 8.34. The molecule has 2 N–H and O–H groups in total. The highest BCUT2D eigenvalue weighted by Crippen LogP contribution is 2.33. The van der Waals surface area contributed by atoms with Crippen LogP contribution >= 0.6 is 15.9 Å². The Morgan fingerprint density at radius 3 is 2.55 bits per heavy atom. The molecule has 4 rings (SSSR count). The molecule has 162 valence electrons. The molecule has 1 atom stereocenters. The second-order valence-corrected chi connectivity index (χ2v) is 9.02. The Kier molecular flexibility index (Phi) is 5.75. The van der Waals surface area contributed by atoms with Crippen molar-refractivity contribution < 1.29 is 14.4 Å². The van der Waals surface area contributed by atoms with E-state index < -0.39 is 23.4 Å². The fraction of sp³-hybridized carbons (Fsp3) is 0.348. The number of amides is 4. The van der Waals surface area contributed by atoms with E-state index in [0.717, 1.165) is 29.2 Å². The van der Waals surface area contributed by atoms with Crippen LogP contribution in [0.1, 0.15) is 30.9 Å². The van der Waals surface area contributed by atoms with Gasteiger partial charge in [-0.15, -0.1) is 0 Å². The molecular formula is C23H25BrN4O3. The van der Waals surface area contributed by atoms with Crippen LogP contribution in [-0.2, 0) is 15.1 Å². The zero-order valence-electron chi connectivity index (χ0n) is 17.6. The molecule has 0 saturated carbocycles. The van der Waals surface area contributed by atoms with E-state index >= 15 is 0 Å². The lowest BCUT2D eigenvalue weighted by Gasteiger charge is -2.23. The highest BCUT2D eigenvalue weighted by Gasteiger charge is 2.50. The van der Waals surface area contributed by atoms with Gasteiger partial charge in [0.05, 0.1) is 0 Å². The van der Waals surface area contributed by atoms with Crippen LogP contribution in [0.2, 0.25) is 0 Å². The Morgan fingerprint density at radius 2 is 1.87 bits per heavy atom. The molecule has 2 aromatic rings. The van der Waals surface area contributed by atoms with Crippen LogP contribution in [-0.4, -0.2) is 42.4 Å². The number of benzene rings is 2. The van der Waals surface area contributed by atoms with Gasteiger partial charge in [0.2, 0.25) is 5.91 Å². The summed E-state index contributed by atoms with van der Waals surface area (Å²) in [5.41, 5.74) is 2.17. The van der Waals surface area contributed by atoms with Crippen molar-refractivity contribution in [3.05, 3.63) is 58.1 Å². The van der Waals surface area contributed by atoms with Gasteiger partial charge in [0, 0.05) is 34.5 Å². The third-order valence-electron chi connectivity index (χ3n) is 5.94. The maximum Gasteiger partial charge on any atom is 0.325 e. The molecule has 0 spiro atoms. The van der Waals surface area contributed by atoms with Crippen LogP contribution in [0.3, 0.4) is 0 Å². The summed E-state index contributed by atoms with van der Waals surface area (Å²) in [7, 11) is 0. The van der Waals surface area contributed by atoms with Crippen LogP contribution in [0.4, 0.5) is 16.2 Å². The lowest BCUT2D eigenvalue weighted by Crippen LogP contribution is -2.42. The van der Waals surface area contributed by atoms with Crippen LogP contribution in [0, 0.1) is 6.92 Å². The Balaban J connectivity index is 1.46. The summed E-state index contributed by atoms with van der Waals surface area (Å²) in [4.78, 5) is 41.5. The Labute approximate surface area is 189 Å². The van der Waals surface area contributed by atoms with E-state index in [2.05, 4.69) is 37.5 Å². The smallest absolute Gasteiger partial charge is 0.325 e. The highest BCUT2D eigenvalue weighted by atomic mass is 79.9. The van der Waals surface area contributed by atoms with Crippen molar-refractivity contribution in [1.82, 2.24) is 10.2 Å². The van der Waals surface area contributed by atoms with Gasteiger partial charge in [0.1, 0.15) is 12.1 Å². The average molecular weight is 485 g/mol. The summed E-state index contributed by atoms with van der Waals surface area (Å²) in [6.45, 7) is 5.33. The summed E-state index contributed by atoms with van der Waals surface area (Å²) in [5.74, 6) is -0.877. The summed E-state index contributed by atoms with van der Waals surface area (Å²) in [6, 6.07) is 12.6. The first-order chi connectivity index (χ1) is 14.8. The molecule has 0 aliphatic carbocycles. The number of anilines is 2. The number of carbonyl (C=O) groups is 3. The number of rotatable bonds is 5. The molecule has 0 radical (unpaired) electrons. The Hall–Kier alpha value is -2.87. The van der Waals surface area contributed by atoms with Crippen molar-refractivity contribution in [3.63, 3.8) is 0 Å². The minimum absolute atomic E-state index is 0.349. The molecule has 2 fully saturated rings. The number of nitrogens with one attached hydrogen (secondary N) is 2. The van der Waals surface area contributed by atoms with Gasteiger partial charge in [-0.05, 0) is 56.5 Å². The van der Waals surface area contributed by atoms with Crippen molar-refractivity contribution in [3.8, 4) is 0 Å². The molecule has 2 heterocycles. The number of carbonyl (C=O) groups excluding carboxylic acids is 3. The first kappa shape index (κ1) is 21.4. The molecular weight excluding hydrogens is 460 g/mol. The molecule has 2 aliphatic heterocycles. The molecule has 2 aromatic carbocycles. The van der Waals surface area contributed by atoms with E-state index in [-0.39, 0.29) is 6.54 Å². The summed E-state index contributed by atoms with van der Waals surface area (Å²) in [5, 5.41) is 5.56. The monoisotopic (exact) mass is 484 g/mol. The molecule has 31 heavy (non-hydrogen) atoms. The maximum absolute atomic E-state index is 13.1. The first-order valence-electron chi connectivity index (χ1n) is 10.3. The zero-order chi connectivity index (χ0) is 22.2. The number of urea groups is 1. The topological polar surface area (TPSA) is 81.8 Å². The fourth-order valence-corrected chi connectivity index (χ4v) is 4.86. The van der Waals surface area contributed by atoms with Gasteiger partial charge in [0.25, 0.3) is 5.91 Å². The van der Waals surface area contributed by atoms with E-state index in [1.165, 1.54) is 12.8 Å². The van der Waals surface area contributed by atoms with Crippen LogP contribution in [0.15, 0.2) is 46.9 Å². The van der Waals surface area contributed by atoms with Crippen LogP contribution < -0.4 is 15.5 Å². The third-order valence-corrected chi connectivity index (χ3v) is 6.64. The molecule has 2 aliphatic rings. The number of halogens is 1. The molecule has 8 heteroatoms. The number of aryl methyl sites for hydroxylation is 1. The van der Waals surface area contributed by atoms with E-state index in [0.29, 0.717) is 15.7 Å². The highest BCUT2D eigenvalue weighted by molar-refractivity contribution is 9.10. The predicted octanol–water partition coefficient (Wildman–Crippen LogP) is 3.76. The molecule has 0 aromatic heterocycles. The third kappa shape index (κ3) is 4.04. The number of imide groups is 1. The molecule has 0 bridgehead atoms. The van der Waals surface area contributed by atoms with Gasteiger partial charge in [-0.25, -0.2) is 4.79 Å². The Morgan fingerprint density at radius 1 is 1.16 bits per heavy atom. The van der Waals surface area contributed by atoms with Gasteiger partial charge < -0.3 is 15.5 Å². The molecule has 1 unspecified atom stereocenters.